The van der Waals surface area contributed by atoms with Crippen LogP contribution in [0.3, 0.4) is 0 Å². The summed E-state index contributed by atoms with van der Waals surface area (Å²) in [5.74, 6) is 0.692. The minimum atomic E-state index is 0.166. The largest absolute Gasteiger partial charge is 0.307 e. The second-order valence-electron chi connectivity index (χ2n) is 5.09. The van der Waals surface area contributed by atoms with Gasteiger partial charge in [-0.05, 0) is 30.9 Å². The Morgan fingerprint density at radius 3 is 2.88 bits per heavy atom. The Morgan fingerprint density at radius 2 is 2.18 bits per heavy atom. The number of rotatable bonds is 0. The number of carbonyl (C=O) groups excluding carboxylic acids is 1. The van der Waals surface area contributed by atoms with E-state index in [2.05, 4.69) is 41.1 Å². The number of nitrogens with zero attached hydrogens (tertiary/aromatic N) is 1. The molecule has 90 valence electrons. The molecule has 2 nitrogen and oxygen atoms in total. The summed E-state index contributed by atoms with van der Waals surface area (Å²) in [5.41, 5.74) is 3.75. The maximum atomic E-state index is 12.0. The molecule has 1 aromatic rings. The minimum Gasteiger partial charge on any atom is -0.307 e. The number of para-hydroxylation sites is 1. The van der Waals surface area contributed by atoms with Gasteiger partial charge in [-0.25, -0.2) is 0 Å². The fraction of sp³-hybridized carbons (Fsp3) is 0.500. The molecule has 2 aliphatic rings. The van der Waals surface area contributed by atoms with Crippen molar-refractivity contribution in [3.8, 4) is 0 Å². The number of aryl methyl sites for hydroxylation is 1. The molecule has 0 aromatic heterocycles. The van der Waals surface area contributed by atoms with Gasteiger partial charge in [0.15, 0.2) is 0 Å². The number of anilines is 1. The molecule has 0 saturated heterocycles. The third-order valence-corrected chi connectivity index (χ3v) is 5.08. The van der Waals surface area contributed by atoms with Crippen molar-refractivity contribution in [3.05, 3.63) is 29.3 Å². The zero-order chi connectivity index (χ0) is 12.2. The highest BCUT2D eigenvalue weighted by atomic mass is 79.9. The maximum absolute atomic E-state index is 12.0. The van der Waals surface area contributed by atoms with Crippen molar-refractivity contribution in [2.24, 2.45) is 0 Å². The Kier molecular flexibility index (Phi) is 2.54. The van der Waals surface area contributed by atoms with Gasteiger partial charge in [-0.3, -0.25) is 4.79 Å². The molecule has 1 aromatic carbocycles. The first kappa shape index (κ1) is 11.3. The minimum absolute atomic E-state index is 0.166. The lowest BCUT2D eigenvalue weighted by Crippen LogP contribution is -2.40. The van der Waals surface area contributed by atoms with Crippen molar-refractivity contribution in [2.45, 2.75) is 43.5 Å². The van der Waals surface area contributed by atoms with E-state index in [1.54, 1.807) is 6.92 Å². The standard InChI is InChI=1S/C14H16BrNO/c1-8-4-3-5-10-11-6-7-12(15)14(11)16(9(2)17)13(8)10/h3-5,11-12,14H,6-7H2,1-2H3/t11-,12+,14+/m1/s1. The van der Waals surface area contributed by atoms with E-state index in [1.807, 2.05) is 4.90 Å². The summed E-state index contributed by atoms with van der Waals surface area (Å²) in [7, 11) is 0. The molecule has 1 heterocycles. The lowest BCUT2D eigenvalue weighted by molar-refractivity contribution is -0.116. The normalized spacial score (nSPS) is 30.3. The Labute approximate surface area is 110 Å². The van der Waals surface area contributed by atoms with Crippen LogP contribution in [0.5, 0.6) is 0 Å². The van der Waals surface area contributed by atoms with Crippen LogP contribution in [0.2, 0.25) is 0 Å². The van der Waals surface area contributed by atoms with E-state index in [0.717, 1.165) is 6.42 Å². The van der Waals surface area contributed by atoms with E-state index in [-0.39, 0.29) is 5.91 Å². The molecule has 1 saturated carbocycles. The summed E-state index contributed by atoms with van der Waals surface area (Å²) in [4.78, 5) is 14.4. The first-order chi connectivity index (χ1) is 8.11. The Bertz CT molecular complexity index is 485. The van der Waals surface area contributed by atoms with Gasteiger partial charge >= 0.3 is 0 Å². The quantitative estimate of drug-likeness (QED) is 0.672. The fourth-order valence-electron chi connectivity index (χ4n) is 3.44. The monoisotopic (exact) mass is 293 g/mol. The second-order valence-corrected chi connectivity index (χ2v) is 6.27. The third-order valence-electron chi connectivity index (χ3n) is 4.08. The predicted octanol–water partition coefficient (Wildman–Crippen LogP) is 3.37. The summed E-state index contributed by atoms with van der Waals surface area (Å²) in [6.07, 6.45) is 2.34. The van der Waals surface area contributed by atoms with E-state index in [1.165, 1.54) is 23.2 Å². The van der Waals surface area contributed by atoms with E-state index in [4.69, 9.17) is 0 Å². The van der Waals surface area contributed by atoms with Gasteiger partial charge < -0.3 is 4.90 Å². The maximum Gasteiger partial charge on any atom is 0.224 e. The summed E-state index contributed by atoms with van der Waals surface area (Å²) in [5, 5.41) is 0. The van der Waals surface area contributed by atoms with Crippen LogP contribution in [0.4, 0.5) is 5.69 Å². The van der Waals surface area contributed by atoms with Gasteiger partial charge in [-0.2, -0.15) is 0 Å². The summed E-state index contributed by atoms with van der Waals surface area (Å²) in [6.45, 7) is 3.77. The van der Waals surface area contributed by atoms with Crippen LogP contribution >= 0.6 is 15.9 Å². The van der Waals surface area contributed by atoms with E-state index in [9.17, 15) is 4.79 Å². The summed E-state index contributed by atoms with van der Waals surface area (Å²) in [6, 6.07) is 6.72. The average Bonchev–Trinajstić information content (AvgIpc) is 2.79. The molecule has 1 fully saturated rings. The lowest BCUT2D eigenvalue weighted by atomic mass is 9.96. The van der Waals surface area contributed by atoms with Gasteiger partial charge in [0.05, 0.1) is 11.7 Å². The van der Waals surface area contributed by atoms with Gasteiger partial charge in [0.25, 0.3) is 0 Å². The molecule has 0 spiro atoms. The summed E-state index contributed by atoms with van der Waals surface area (Å²) >= 11 is 3.74. The van der Waals surface area contributed by atoms with Crippen molar-refractivity contribution < 1.29 is 4.79 Å². The molecular formula is C14H16BrNO. The highest BCUT2D eigenvalue weighted by Crippen LogP contribution is 2.52. The van der Waals surface area contributed by atoms with Gasteiger partial charge in [-0.15, -0.1) is 0 Å². The number of fused-ring (bicyclic) bond motifs is 3. The zero-order valence-electron chi connectivity index (χ0n) is 10.1. The summed E-state index contributed by atoms with van der Waals surface area (Å²) < 4.78 is 0. The average molecular weight is 294 g/mol. The number of hydrogen-bond acceptors (Lipinski definition) is 1. The number of hydrogen-bond donors (Lipinski definition) is 0. The molecule has 0 bridgehead atoms. The van der Waals surface area contributed by atoms with E-state index < -0.39 is 0 Å². The number of carbonyl (C=O) groups is 1. The third kappa shape index (κ3) is 1.48. The van der Waals surface area contributed by atoms with Crippen molar-refractivity contribution >= 4 is 27.5 Å². The van der Waals surface area contributed by atoms with Crippen molar-refractivity contribution in [1.82, 2.24) is 0 Å². The Hall–Kier alpha value is -0.830. The van der Waals surface area contributed by atoms with Gasteiger partial charge in [0.2, 0.25) is 5.91 Å². The number of alkyl halides is 1. The van der Waals surface area contributed by atoms with Crippen molar-refractivity contribution in [3.63, 3.8) is 0 Å². The highest BCUT2D eigenvalue weighted by molar-refractivity contribution is 9.09. The molecule has 1 amide bonds. The van der Waals surface area contributed by atoms with Gasteiger partial charge in [0, 0.05) is 17.7 Å². The van der Waals surface area contributed by atoms with Crippen molar-refractivity contribution in [1.29, 1.82) is 0 Å². The number of halogens is 1. The molecule has 17 heavy (non-hydrogen) atoms. The molecule has 1 aliphatic heterocycles. The Morgan fingerprint density at radius 1 is 1.41 bits per heavy atom. The fourth-order valence-corrected chi connectivity index (χ4v) is 4.31. The van der Waals surface area contributed by atoms with Crippen LogP contribution in [0.1, 0.15) is 36.8 Å². The molecule has 0 radical (unpaired) electrons. The van der Waals surface area contributed by atoms with Crippen LogP contribution in [0, 0.1) is 6.92 Å². The first-order valence-corrected chi connectivity index (χ1v) is 7.06. The second kappa shape index (κ2) is 3.84. The van der Waals surface area contributed by atoms with Crippen molar-refractivity contribution in [2.75, 3.05) is 4.90 Å². The molecular weight excluding hydrogens is 278 g/mol. The molecule has 3 heteroatoms. The molecule has 0 N–H and O–H groups in total. The predicted molar refractivity (Wildman–Crippen MR) is 72.8 cm³/mol. The first-order valence-electron chi connectivity index (χ1n) is 6.14. The molecule has 1 aliphatic carbocycles. The van der Waals surface area contributed by atoms with Gasteiger partial charge in [0.1, 0.15) is 0 Å². The highest BCUT2D eigenvalue weighted by Gasteiger charge is 2.48. The SMILES string of the molecule is CC(=O)N1c2c(C)cccc2[C@H]2CC[C@H](Br)[C@H]21. The number of amides is 1. The molecule has 0 unspecified atom stereocenters. The van der Waals surface area contributed by atoms with Crippen LogP contribution in [0.25, 0.3) is 0 Å². The van der Waals surface area contributed by atoms with Crippen LogP contribution < -0.4 is 4.90 Å². The van der Waals surface area contributed by atoms with Crippen LogP contribution in [-0.4, -0.2) is 16.8 Å². The van der Waals surface area contributed by atoms with Gasteiger partial charge in [-0.1, -0.05) is 34.1 Å². The van der Waals surface area contributed by atoms with Crippen LogP contribution in [0.15, 0.2) is 18.2 Å². The Balaban J connectivity index is 2.19. The van der Waals surface area contributed by atoms with E-state index >= 15 is 0 Å². The van der Waals surface area contributed by atoms with Crippen LogP contribution in [-0.2, 0) is 4.79 Å². The smallest absolute Gasteiger partial charge is 0.224 e. The van der Waals surface area contributed by atoms with E-state index in [0.29, 0.717) is 16.8 Å². The molecule has 3 atom stereocenters. The zero-order valence-corrected chi connectivity index (χ0v) is 11.7. The lowest BCUT2D eigenvalue weighted by Gasteiger charge is -2.27. The molecule has 3 rings (SSSR count). The number of benzene rings is 1. The topological polar surface area (TPSA) is 20.3 Å².